The Hall–Kier alpha value is -2.36. The molecule has 0 saturated carbocycles. The fraction of sp³-hybridized carbons (Fsp3) is 0.400. The maximum Gasteiger partial charge on any atom is 0.340 e. The Morgan fingerprint density at radius 2 is 2.00 bits per heavy atom. The third kappa shape index (κ3) is 4.13. The summed E-state index contributed by atoms with van der Waals surface area (Å²) in [5.41, 5.74) is 4.92. The highest BCUT2D eigenvalue weighted by Gasteiger charge is 2.16. The largest absolute Gasteiger partial charge is 0.465 e. The maximum absolute atomic E-state index is 12.0. The normalized spacial score (nSPS) is 11.6. The molecule has 0 N–H and O–H groups in total. The summed E-state index contributed by atoms with van der Waals surface area (Å²) < 4.78 is 6.98. The van der Waals surface area contributed by atoms with Crippen molar-refractivity contribution in [1.82, 2.24) is 9.55 Å². The standard InChI is InChI=1S/C20H26N2O2/c1-14(2)8-6-9-15(3)12-13-22-16(4)21-18-11-7-10-17(19(18)22)20(23)24-5/h7-8,10-12H,6,9,13H2,1-5H3. The van der Waals surface area contributed by atoms with Gasteiger partial charge < -0.3 is 9.30 Å². The Bertz CT molecular complexity index is 793. The average Bonchev–Trinajstić information content (AvgIpc) is 2.87. The number of carbonyl (C=O) groups excluding carboxylic acids is 1. The van der Waals surface area contributed by atoms with Gasteiger partial charge in [0.05, 0.1) is 23.7 Å². The van der Waals surface area contributed by atoms with E-state index in [4.69, 9.17) is 4.74 Å². The van der Waals surface area contributed by atoms with Gasteiger partial charge in [0.2, 0.25) is 0 Å². The second kappa shape index (κ2) is 7.95. The van der Waals surface area contributed by atoms with E-state index in [0.717, 1.165) is 29.7 Å². The third-order valence-corrected chi connectivity index (χ3v) is 4.08. The van der Waals surface area contributed by atoms with Crippen molar-refractivity contribution in [3.63, 3.8) is 0 Å². The minimum Gasteiger partial charge on any atom is -0.465 e. The summed E-state index contributed by atoms with van der Waals surface area (Å²) in [7, 11) is 1.40. The van der Waals surface area contributed by atoms with Crippen LogP contribution in [0.25, 0.3) is 11.0 Å². The van der Waals surface area contributed by atoms with Crippen LogP contribution in [-0.2, 0) is 11.3 Å². The molecule has 0 unspecified atom stereocenters. The fourth-order valence-corrected chi connectivity index (χ4v) is 2.74. The second-order valence-electron chi connectivity index (χ2n) is 6.31. The number of hydrogen-bond donors (Lipinski definition) is 0. The number of aromatic nitrogens is 2. The number of rotatable bonds is 6. The SMILES string of the molecule is COC(=O)c1cccc2nc(C)n(CC=C(C)CCC=C(C)C)c12. The molecule has 1 aromatic carbocycles. The van der Waals surface area contributed by atoms with Crippen LogP contribution in [0.1, 0.15) is 49.8 Å². The predicted octanol–water partition coefficient (Wildman–Crippen LogP) is 4.82. The summed E-state index contributed by atoms with van der Waals surface area (Å²) in [6.45, 7) is 9.06. The zero-order chi connectivity index (χ0) is 17.7. The number of nitrogens with zero attached hydrogens (tertiary/aromatic N) is 2. The number of aryl methyl sites for hydroxylation is 1. The van der Waals surface area contributed by atoms with E-state index in [0.29, 0.717) is 12.1 Å². The summed E-state index contributed by atoms with van der Waals surface area (Å²) in [5, 5.41) is 0. The second-order valence-corrected chi connectivity index (χ2v) is 6.31. The summed E-state index contributed by atoms with van der Waals surface area (Å²) in [6, 6.07) is 5.56. The van der Waals surface area contributed by atoms with Crippen LogP contribution in [0.2, 0.25) is 0 Å². The summed E-state index contributed by atoms with van der Waals surface area (Å²) in [6.07, 6.45) is 6.56. The van der Waals surface area contributed by atoms with Crippen LogP contribution < -0.4 is 0 Å². The van der Waals surface area contributed by atoms with E-state index in [1.807, 2.05) is 19.1 Å². The van der Waals surface area contributed by atoms with Gasteiger partial charge in [0.25, 0.3) is 0 Å². The number of hydrogen-bond acceptors (Lipinski definition) is 3. The molecule has 0 aliphatic rings. The van der Waals surface area contributed by atoms with Crippen LogP contribution in [0, 0.1) is 6.92 Å². The minimum absolute atomic E-state index is 0.328. The molecular formula is C20H26N2O2. The molecule has 0 aliphatic heterocycles. The summed E-state index contributed by atoms with van der Waals surface area (Å²) in [4.78, 5) is 16.6. The number of carbonyl (C=O) groups is 1. The van der Waals surface area contributed by atoms with Gasteiger partial charge in [-0.25, -0.2) is 9.78 Å². The molecule has 0 atom stereocenters. The number of benzene rings is 1. The minimum atomic E-state index is -0.328. The van der Waals surface area contributed by atoms with Gasteiger partial charge in [-0.15, -0.1) is 0 Å². The van der Waals surface area contributed by atoms with Crippen LogP contribution in [0.5, 0.6) is 0 Å². The molecule has 0 fully saturated rings. The molecule has 4 heteroatoms. The molecule has 2 rings (SSSR count). The Labute approximate surface area is 143 Å². The first-order valence-corrected chi connectivity index (χ1v) is 8.27. The molecule has 4 nitrogen and oxygen atoms in total. The zero-order valence-electron chi connectivity index (χ0n) is 15.2. The van der Waals surface area contributed by atoms with Crippen molar-refractivity contribution >= 4 is 17.0 Å². The average molecular weight is 326 g/mol. The van der Waals surface area contributed by atoms with Gasteiger partial charge in [-0.1, -0.05) is 29.4 Å². The Morgan fingerprint density at radius 3 is 2.67 bits per heavy atom. The monoisotopic (exact) mass is 326 g/mol. The van der Waals surface area contributed by atoms with E-state index in [1.54, 1.807) is 6.07 Å². The lowest BCUT2D eigenvalue weighted by molar-refractivity contribution is 0.0602. The van der Waals surface area contributed by atoms with Crippen molar-refractivity contribution in [1.29, 1.82) is 0 Å². The van der Waals surface area contributed by atoms with Gasteiger partial charge in [-0.3, -0.25) is 0 Å². The van der Waals surface area contributed by atoms with Crippen molar-refractivity contribution < 1.29 is 9.53 Å². The van der Waals surface area contributed by atoms with Crippen molar-refractivity contribution in [3.8, 4) is 0 Å². The van der Waals surface area contributed by atoms with Gasteiger partial charge >= 0.3 is 5.97 Å². The van der Waals surface area contributed by atoms with Crippen LogP contribution in [-0.4, -0.2) is 22.6 Å². The van der Waals surface area contributed by atoms with E-state index in [1.165, 1.54) is 18.3 Å². The molecular weight excluding hydrogens is 300 g/mol. The lowest BCUT2D eigenvalue weighted by Crippen LogP contribution is -2.06. The van der Waals surface area contributed by atoms with Crippen LogP contribution in [0.3, 0.4) is 0 Å². The lowest BCUT2D eigenvalue weighted by Gasteiger charge is -2.08. The molecule has 0 saturated heterocycles. The van der Waals surface area contributed by atoms with E-state index in [9.17, 15) is 4.79 Å². The zero-order valence-corrected chi connectivity index (χ0v) is 15.2. The highest BCUT2D eigenvalue weighted by molar-refractivity contribution is 6.02. The highest BCUT2D eigenvalue weighted by atomic mass is 16.5. The number of allylic oxidation sites excluding steroid dienone is 4. The van der Waals surface area contributed by atoms with Crippen molar-refractivity contribution in [2.75, 3.05) is 7.11 Å². The van der Waals surface area contributed by atoms with Crippen molar-refractivity contribution in [2.24, 2.45) is 0 Å². The molecule has 0 radical (unpaired) electrons. The maximum atomic E-state index is 12.0. The van der Waals surface area contributed by atoms with Crippen molar-refractivity contribution in [2.45, 2.75) is 47.1 Å². The number of methoxy groups -OCH3 is 1. The molecule has 1 aromatic heterocycles. The Kier molecular flexibility index (Phi) is 5.96. The molecule has 24 heavy (non-hydrogen) atoms. The molecule has 128 valence electrons. The number of esters is 1. The predicted molar refractivity (Wildman–Crippen MR) is 98.2 cm³/mol. The van der Waals surface area contributed by atoms with Crippen LogP contribution >= 0.6 is 0 Å². The van der Waals surface area contributed by atoms with E-state index >= 15 is 0 Å². The molecule has 0 bridgehead atoms. The van der Waals surface area contributed by atoms with Gasteiger partial charge in [0, 0.05) is 6.54 Å². The molecule has 0 aliphatic carbocycles. The van der Waals surface area contributed by atoms with Gasteiger partial charge in [0.15, 0.2) is 0 Å². The lowest BCUT2D eigenvalue weighted by atomic mass is 10.1. The first-order chi connectivity index (χ1) is 11.4. The van der Waals surface area contributed by atoms with Gasteiger partial charge in [-0.05, 0) is 52.7 Å². The topological polar surface area (TPSA) is 44.1 Å². The van der Waals surface area contributed by atoms with Crippen LogP contribution in [0.15, 0.2) is 41.5 Å². The number of fused-ring (bicyclic) bond motifs is 1. The molecule has 0 amide bonds. The van der Waals surface area contributed by atoms with Crippen LogP contribution in [0.4, 0.5) is 0 Å². The number of ether oxygens (including phenoxy) is 1. The Balaban J connectivity index is 2.30. The molecule has 0 spiro atoms. The van der Waals surface area contributed by atoms with Gasteiger partial charge in [0.1, 0.15) is 5.82 Å². The summed E-state index contributed by atoms with van der Waals surface area (Å²) >= 11 is 0. The quantitative estimate of drug-likeness (QED) is 0.564. The van der Waals surface area contributed by atoms with E-state index in [-0.39, 0.29) is 5.97 Å². The molecule has 2 aromatic rings. The number of para-hydroxylation sites is 1. The third-order valence-electron chi connectivity index (χ3n) is 4.08. The summed E-state index contributed by atoms with van der Waals surface area (Å²) in [5.74, 6) is 0.570. The highest BCUT2D eigenvalue weighted by Crippen LogP contribution is 2.22. The van der Waals surface area contributed by atoms with Gasteiger partial charge in [-0.2, -0.15) is 0 Å². The van der Waals surface area contributed by atoms with E-state index < -0.39 is 0 Å². The van der Waals surface area contributed by atoms with E-state index in [2.05, 4.69) is 42.5 Å². The number of imidazole rings is 1. The molecule has 1 heterocycles. The first-order valence-electron chi connectivity index (χ1n) is 8.27. The smallest absolute Gasteiger partial charge is 0.340 e. The van der Waals surface area contributed by atoms with Crippen molar-refractivity contribution in [3.05, 3.63) is 52.9 Å². The fourth-order valence-electron chi connectivity index (χ4n) is 2.74. The Morgan fingerprint density at radius 1 is 1.25 bits per heavy atom. The first kappa shape index (κ1) is 18.0.